The normalized spacial score (nSPS) is 27.3. The van der Waals surface area contributed by atoms with Crippen molar-refractivity contribution >= 4 is 74.4 Å². The van der Waals surface area contributed by atoms with Crippen LogP contribution in [0.4, 0.5) is 4.79 Å². The largest absolute Gasteiger partial charge is 0.445 e. The van der Waals surface area contributed by atoms with Crippen molar-refractivity contribution in [1.82, 2.24) is 31.1 Å². The Bertz CT molecular complexity index is 1600. The highest BCUT2D eigenvalue weighted by Gasteiger charge is 2.74. The van der Waals surface area contributed by atoms with Gasteiger partial charge in [-0.2, -0.15) is 0 Å². The van der Waals surface area contributed by atoms with Crippen molar-refractivity contribution in [3.8, 4) is 0 Å². The predicted molar refractivity (Wildman–Crippen MR) is 159 cm³/mol. The molecule has 16 nitrogen and oxygen atoms in total. The molecule has 1 aromatic carbocycles. The second-order valence-corrected chi connectivity index (χ2v) is 15.4. The van der Waals surface area contributed by atoms with Gasteiger partial charge in [0.1, 0.15) is 12.6 Å². The fraction of sp³-hybridized carbons (Fsp3) is 0.480. The Kier molecular flexibility index (Phi) is 8.42. The van der Waals surface area contributed by atoms with E-state index in [1.54, 1.807) is 0 Å². The zero-order chi connectivity index (χ0) is 33.1. The summed E-state index contributed by atoms with van der Waals surface area (Å²) in [5.41, 5.74) is -2.09. The van der Waals surface area contributed by atoms with E-state index in [1.807, 2.05) is 0 Å². The Morgan fingerprint density at radius 3 is 2.51 bits per heavy atom. The van der Waals surface area contributed by atoms with Crippen molar-refractivity contribution in [3.05, 3.63) is 42.2 Å². The molecule has 4 aliphatic rings. The lowest BCUT2D eigenvalue weighted by Crippen LogP contribution is -2.78. The number of benzene rings is 1. The number of ether oxygens (including phenoxy) is 1. The van der Waals surface area contributed by atoms with Gasteiger partial charge in [0, 0.05) is 31.2 Å². The highest BCUT2D eigenvalue weighted by Crippen LogP contribution is 2.45. The van der Waals surface area contributed by atoms with Crippen LogP contribution >= 0.6 is 34.8 Å². The third-order valence-corrected chi connectivity index (χ3v) is 9.26. The lowest BCUT2D eigenvalue weighted by Gasteiger charge is -2.49. The quantitative estimate of drug-likeness (QED) is 0.118. The van der Waals surface area contributed by atoms with Crippen molar-refractivity contribution in [3.63, 3.8) is 0 Å². The predicted octanol–water partition coefficient (Wildman–Crippen LogP) is -1.10. The summed E-state index contributed by atoms with van der Waals surface area (Å²) in [6, 6.07) is 1.44. The van der Waals surface area contributed by atoms with E-state index in [-0.39, 0.29) is 48.2 Å². The van der Waals surface area contributed by atoms with Gasteiger partial charge in [0.15, 0.2) is 15.5 Å². The van der Waals surface area contributed by atoms with E-state index in [1.165, 1.54) is 23.1 Å². The van der Waals surface area contributed by atoms with Gasteiger partial charge < -0.3 is 35.8 Å². The van der Waals surface area contributed by atoms with E-state index in [9.17, 15) is 37.8 Å². The van der Waals surface area contributed by atoms with Crippen LogP contribution in [0.2, 0.25) is 0 Å². The number of carbonyl (C=O) groups excluding carboxylic acids is 4. The molecule has 0 aliphatic carbocycles. The molecule has 4 atom stereocenters. The number of nitrogens with one attached hydrogen (secondary N) is 4. The summed E-state index contributed by atoms with van der Waals surface area (Å²) in [5.74, 6) is -4.81. The van der Waals surface area contributed by atoms with Crippen LogP contribution in [0.3, 0.4) is 0 Å². The first-order valence-electron chi connectivity index (χ1n) is 13.3. The monoisotopic (exact) mass is 707 g/mol. The van der Waals surface area contributed by atoms with E-state index < -0.39 is 73.6 Å². The van der Waals surface area contributed by atoms with Crippen molar-refractivity contribution in [2.45, 2.75) is 51.1 Å². The topological polar surface area (TPSA) is 219 Å². The van der Waals surface area contributed by atoms with E-state index >= 15 is 0 Å². The molecule has 5 rings (SSSR count). The number of aliphatic hydroxyl groups is 2. The number of likely N-dealkylation sites (tertiary alicyclic amines) is 1. The SMILES string of the molecule is C=C1N[C@H]2[C@H](CN3C(=O)CCC3=O)N=C(NC(=O)OCC(Cl)(Cl)Cl)N3CC(NC(=O)c4cccc(S(C)(=O)=O)c4)C(O)(O)[C@]23N1. The van der Waals surface area contributed by atoms with Crippen molar-refractivity contribution < 1.29 is 42.5 Å². The van der Waals surface area contributed by atoms with Gasteiger partial charge in [0.25, 0.3) is 5.91 Å². The number of halogens is 3. The molecule has 20 heteroatoms. The van der Waals surface area contributed by atoms with Crippen LogP contribution in [0.1, 0.15) is 23.2 Å². The van der Waals surface area contributed by atoms with E-state index in [2.05, 4.69) is 32.8 Å². The number of guanidine groups is 1. The first-order valence-corrected chi connectivity index (χ1v) is 16.3. The highest BCUT2D eigenvalue weighted by molar-refractivity contribution is 7.90. The summed E-state index contributed by atoms with van der Waals surface area (Å²) in [5, 5.41) is 34.4. The Labute approximate surface area is 271 Å². The second-order valence-electron chi connectivity index (χ2n) is 10.9. The summed E-state index contributed by atoms with van der Waals surface area (Å²) in [7, 11) is -3.66. The van der Waals surface area contributed by atoms with Gasteiger partial charge in [0.2, 0.25) is 27.4 Å². The molecule has 4 heterocycles. The van der Waals surface area contributed by atoms with Gasteiger partial charge >= 0.3 is 6.09 Å². The molecule has 0 aromatic heterocycles. The number of hydrogen-bond donors (Lipinski definition) is 6. The zero-order valence-electron chi connectivity index (χ0n) is 23.4. The minimum Gasteiger partial charge on any atom is -0.445 e. The number of nitrogens with zero attached hydrogens (tertiary/aromatic N) is 3. The molecule has 1 spiro atoms. The Balaban J connectivity index is 1.51. The molecular formula is C25H28Cl3N7O9S. The van der Waals surface area contributed by atoms with Crippen LogP contribution in [0, 0.1) is 0 Å². The minimum absolute atomic E-state index is 0.0113. The molecule has 1 aromatic rings. The summed E-state index contributed by atoms with van der Waals surface area (Å²) in [6.07, 6.45) is -0.190. The van der Waals surface area contributed by atoms with Gasteiger partial charge in [-0.25, -0.2) is 18.2 Å². The van der Waals surface area contributed by atoms with Crippen LogP contribution in [-0.4, -0.2) is 118 Å². The fourth-order valence-corrected chi connectivity index (χ4v) is 6.66. The minimum atomic E-state index is -3.66. The first kappa shape index (κ1) is 33.0. The first-order chi connectivity index (χ1) is 20.8. The molecule has 0 saturated carbocycles. The Morgan fingerprint density at radius 1 is 1.22 bits per heavy atom. The summed E-state index contributed by atoms with van der Waals surface area (Å²) in [6.45, 7) is 2.48. The van der Waals surface area contributed by atoms with E-state index in [4.69, 9.17) is 39.5 Å². The summed E-state index contributed by atoms with van der Waals surface area (Å²) < 4.78 is 27.1. The molecule has 0 radical (unpaired) electrons. The number of amides is 4. The van der Waals surface area contributed by atoms with Gasteiger partial charge in [-0.15, -0.1) is 0 Å². The maximum atomic E-state index is 13.3. The molecule has 45 heavy (non-hydrogen) atoms. The van der Waals surface area contributed by atoms with Crippen LogP contribution in [-0.2, 0) is 24.2 Å². The highest BCUT2D eigenvalue weighted by atomic mass is 35.6. The molecule has 0 bridgehead atoms. The smallest absolute Gasteiger partial charge is 0.414 e. The average Bonchev–Trinajstić information content (AvgIpc) is 3.53. The Hall–Kier alpha value is -3.35. The number of sulfone groups is 1. The Morgan fingerprint density at radius 2 is 1.89 bits per heavy atom. The molecule has 3 saturated heterocycles. The summed E-state index contributed by atoms with van der Waals surface area (Å²) in [4.78, 5) is 57.6. The lowest BCUT2D eigenvalue weighted by molar-refractivity contribution is -0.231. The van der Waals surface area contributed by atoms with Crippen LogP contribution in [0.5, 0.6) is 0 Å². The number of carbonyl (C=O) groups is 4. The van der Waals surface area contributed by atoms with Gasteiger partial charge in [-0.3, -0.25) is 24.6 Å². The van der Waals surface area contributed by atoms with Crippen LogP contribution in [0.25, 0.3) is 0 Å². The molecule has 3 fully saturated rings. The number of imide groups is 1. The van der Waals surface area contributed by atoms with Crippen LogP contribution in [0.15, 0.2) is 46.6 Å². The van der Waals surface area contributed by atoms with Crippen molar-refractivity contribution in [2.24, 2.45) is 4.99 Å². The zero-order valence-corrected chi connectivity index (χ0v) is 26.5. The second kappa shape index (κ2) is 11.5. The number of alkyl carbamates (subject to hydrolysis) is 1. The van der Waals surface area contributed by atoms with Gasteiger partial charge in [-0.05, 0) is 18.2 Å². The van der Waals surface area contributed by atoms with E-state index in [0.717, 1.165) is 17.2 Å². The van der Waals surface area contributed by atoms with E-state index in [0.29, 0.717) is 0 Å². The number of hydrogen-bond acceptors (Lipinski definition) is 13. The third-order valence-electron chi connectivity index (χ3n) is 7.82. The molecule has 1 unspecified atom stereocenters. The molecule has 244 valence electrons. The average molecular weight is 709 g/mol. The number of rotatable bonds is 6. The maximum absolute atomic E-state index is 13.3. The van der Waals surface area contributed by atoms with Gasteiger partial charge in [0.05, 0.1) is 29.3 Å². The van der Waals surface area contributed by atoms with Crippen LogP contribution < -0.4 is 21.3 Å². The molecule has 4 amide bonds. The van der Waals surface area contributed by atoms with Gasteiger partial charge in [-0.1, -0.05) is 47.4 Å². The molecule has 6 N–H and O–H groups in total. The third kappa shape index (κ3) is 6.12. The molecular weight excluding hydrogens is 681 g/mol. The summed E-state index contributed by atoms with van der Waals surface area (Å²) >= 11 is 17.0. The van der Waals surface area contributed by atoms with Crippen molar-refractivity contribution in [1.29, 1.82) is 0 Å². The number of alkyl halides is 3. The number of aliphatic imine (C=N–C) groups is 1. The fourth-order valence-electron chi connectivity index (χ4n) is 5.83. The maximum Gasteiger partial charge on any atom is 0.414 e. The lowest BCUT2D eigenvalue weighted by atomic mass is 9.85. The standard InChI is InChI=1S/C25H28Cl3N7O9S/c1-12-29-19-15(9-34-17(36)6-7-18(34)37)30-21(32-22(39)44-11-23(26,27)28)35-10-16(25(40,41)24(19,35)33-12)31-20(38)13-4-3-5-14(8-13)45(2,42)43/h3-5,8,15-16,19,29,33,40-41H,1,6-7,9-11H2,2H3,(H,31,38)(H,30,32,39)/t15-,16?,19-,24-/m0/s1. The van der Waals surface area contributed by atoms with Crippen molar-refractivity contribution in [2.75, 3.05) is 26.0 Å². The molecule has 4 aliphatic heterocycles.